The van der Waals surface area contributed by atoms with Crippen molar-refractivity contribution in [3.8, 4) is 0 Å². The van der Waals surface area contributed by atoms with Crippen molar-refractivity contribution in [3.05, 3.63) is 35.1 Å². The highest BCUT2D eigenvalue weighted by atomic mass is 19.1. The molecular weight excluding hydrogens is 173 g/mol. The molecule has 1 unspecified atom stereocenters. The van der Waals surface area contributed by atoms with Crippen LogP contribution in [0.1, 0.15) is 17.2 Å². The van der Waals surface area contributed by atoms with Gasteiger partial charge in [0.05, 0.1) is 0 Å². The normalized spacial score (nSPS) is 12.5. The molecule has 0 saturated carbocycles. The van der Waals surface area contributed by atoms with Crippen LogP contribution in [0.15, 0.2) is 18.2 Å². The molecule has 0 aromatic heterocycles. The summed E-state index contributed by atoms with van der Waals surface area (Å²) >= 11 is 0. The van der Waals surface area contributed by atoms with Crippen LogP contribution in [-0.4, -0.2) is 11.1 Å². The number of benzene rings is 1. The summed E-state index contributed by atoms with van der Waals surface area (Å²) in [6, 6.07) is 3.05. The van der Waals surface area contributed by atoms with Crippen LogP contribution >= 0.6 is 0 Å². The number of carboxylic acid groups (broad SMARTS) is 1. The maximum atomic E-state index is 13.1. The third-order valence-corrected chi connectivity index (χ3v) is 1.85. The maximum Gasteiger partial charge on any atom is 0.325 e. The average Bonchev–Trinajstić information content (AvgIpc) is 2.03. The van der Waals surface area contributed by atoms with Crippen LogP contribution in [0.4, 0.5) is 4.39 Å². The molecule has 1 atom stereocenters. The first-order valence-electron chi connectivity index (χ1n) is 3.77. The zero-order valence-corrected chi connectivity index (χ0v) is 7.12. The van der Waals surface area contributed by atoms with Gasteiger partial charge in [-0.25, -0.2) is 4.39 Å². The lowest BCUT2D eigenvalue weighted by Crippen LogP contribution is -2.22. The minimum absolute atomic E-state index is 0.0509. The topological polar surface area (TPSA) is 63.3 Å². The van der Waals surface area contributed by atoms with E-state index in [4.69, 9.17) is 10.8 Å². The molecule has 70 valence electrons. The highest BCUT2D eigenvalue weighted by Crippen LogP contribution is 2.19. The molecule has 1 aromatic carbocycles. The Bertz CT molecular complexity index is 318. The fourth-order valence-corrected chi connectivity index (χ4v) is 1.16. The quantitative estimate of drug-likeness (QED) is 0.724. The van der Waals surface area contributed by atoms with E-state index in [1.165, 1.54) is 12.1 Å². The van der Waals surface area contributed by atoms with Gasteiger partial charge in [0.2, 0.25) is 0 Å². The summed E-state index contributed by atoms with van der Waals surface area (Å²) in [5.74, 6) is -1.80. The van der Waals surface area contributed by atoms with Gasteiger partial charge in [-0.1, -0.05) is 12.1 Å². The van der Waals surface area contributed by atoms with Crippen molar-refractivity contribution >= 4 is 5.97 Å². The summed E-state index contributed by atoms with van der Waals surface area (Å²) in [6.45, 7) is 1.63. The molecule has 3 N–H and O–H groups in total. The minimum atomic E-state index is -1.29. The zero-order chi connectivity index (χ0) is 10.0. The third-order valence-electron chi connectivity index (χ3n) is 1.85. The Kier molecular flexibility index (Phi) is 2.63. The second-order valence-corrected chi connectivity index (χ2v) is 2.79. The molecule has 0 spiro atoms. The van der Waals surface area contributed by atoms with Gasteiger partial charge >= 0.3 is 5.97 Å². The van der Waals surface area contributed by atoms with Gasteiger partial charge in [-0.3, -0.25) is 4.79 Å². The SMILES string of the molecule is Cc1cccc(F)c1C(N)C(=O)O. The molecule has 0 aliphatic heterocycles. The number of carbonyl (C=O) groups is 1. The smallest absolute Gasteiger partial charge is 0.325 e. The first kappa shape index (κ1) is 9.67. The summed E-state index contributed by atoms with van der Waals surface area (Å²) in [6.07, 6.45) is 0. The zero-order valence-electron chi connectivity index (χ0n) is 7.12. The van der Waals surface area contributed by atoms with Gasteiger partial charge in [0.1, 0.15) is 11.9 Å². The van der Waals surface area contributed by atoms with Crippen molar-refractivity contribution in [1.29, 1.82) is 0 Å². The molecule has 3 nitrogen and oxygen atoms in total. The van der Waals surface area contributed by atoms with E-state index in [-0.39, 0.29) is 5.56 Å². The van der Waals surface area contributed by atoms with Crippen LogP contribution in [0.3, 0.4) is 0 Å². The summed E-state index contributed by atoms with van der Waals surface area (Å²) in [7, 11) is 0. The number of rotatable bonds is 2. The van der Waals surface area contributed by atoms with Crippen LogP contribution in [0.25, 0.3) is 0 Å². The van der Waals surface area contributed by atoms with Crippen molar-refractivity contribution in [3.63, 3.8) is 0 Å². The molecule has 0 radical (unpaired) electrons. The second kappa shape index (κ2) is 3.53. The van der Waals surface area contributed by atoms with E-state index in [1.54, 1.807) is 13.0 Å². The number of carboxylic acids is 1. The number of hydrogen-bond acceptors (Lipinski definition) is 2. The Morgan fingerprint density at radius 2 is 2.23 bits per heavy atom. The lowest BCUT2D eigenvalue weighted by molar-refractivity contribution is -0.138. The maximum absolute atomic E-state index is 13.1. The summed E-state index contributed by atoms with van der Waals surface area (Å²) in [4.78, 5) is 10.5. The summed E-state index contributed by atoms with van der Waals surface area (Å²) < 4.78 is 13.1. The van der Waals surface area contributed by atoms with Crippen LogP contribution < -0.4 is 5.73 Å². The number of nitrogens with two attached hydrogens (primary N) is 1. The van der Waals surface area contributed by atoms with E-state index in [9.17, 15) is 9.18 Å². The molecule has 1 aromatic rings. The molecule has 0 amide bonds. The lowest BCUT2D eigenvalue weighted by atomic mass is 10.0. The fraction of sp³-hybridized carbons (Fsp3) is 0.222. The van der Waals surface area contributed by atoms with E-state index in [0.29, 0.717) is 5.56 Å². The Balaban J connectivity index is 3.20. The molecule has 13 heavy (non-hydrogen) atoms. The molecule has 0 aliphatic rings. The summed E-state index contributed by atoms with van der Waals surface area (Å²) in [5, 5.41) is 8.59. The highest BCUT2D eigenvalue weighted by Gasteiger charge is 2.19. The third kappa shape index (κ3) is 1.84. The molecule has 0 heterocycles. The number of aryl methyl sites for hydroxylation is 1. The summed E-state index contributed by atoms with van der Waals surface area (Å²) in [5.41, 5.74) is 5.90. The first-order valence-corrected chi connectivity index (χ1v) is 3.77. The minimum Gasteiger partial charge on any atom is -0.480 e. The van der Waals surface area contributed by atoms with Crippen molar-refractivity contribution in [2.45, 2.75) is 13.0 Å². The van der Waals surface area contributed by atoms with Crippen molar-refractivity contribution in [1.82, 2.24) is 0 Å². The van der Waals surface area contributed by atoms with Crippen molar-refractivity contribution < 1.29 is 14.3 Å². The largest absolute Gasteiger partial charge is 0.480 e. The second-order valence-electron chi connectivity index (χ2n) is 2.79. The number of aliphatic carboxylic acids is 1. The van der Waals surface area contributed by atoms with Gasteiger partial charge in [-0.2, -0.15) is 0 Å². The van der Waals surface area contributed by atoms with Crippen LogP contribution in [-0.2, 0) is 4.79 Å². The Morgan fingerprint density at radius 3 is 2.69 bits per heavy atom. The number of hydrogen-bond donors (Lipinski definition) is 2. The Labute approximate surface area is 75.0 Å². The van der Waals surface area contributed by atoms with E-state index < -0.39 is 17.8 Å². The monoisotopic (exact) mass is 183 g/mol. The van der Waals surface area contributed by atoms with Gasteiger partial charge in [-0.15, -0.1) is 0 Å². The molecular formula is C9H10FNO2. The van der Waals surface area contributed by atoms with Gasteiger partial charge < -0.3 is 10.8 Å². The van der Waals surface area contributed by atoms with Gasteiger partial charge in [0.15, 0.2) is 0 Å². The van der Waals surface area contributed by atoms with E-state index in [1.807, 2.05) is 0 Å². The predicted octanol–water partition coefficient (Wildman–Crippen LogP) is 1.22. The van der Waals surface area contributed by atoms with Gasteiger partial charge in [-0.05, 0) is 18.6 Å². The van der Waals surface area contributed by atoms with Crippen LogP contribution in [0.5, 0.6) is 0 Å². The van der Waals surface area contributed by atoms with Crippen molar-refractivity contribution in [2.75, 3.05) is 0 Å². The molecule has 0 saturated heterocycles. The molecule has 0 aliphatic carbocycles. The first-order chi connectivity index (χ1) is 6.04. The van der Waals surface area contributed by atoms with E-state index >= 15 is 0 Å². The Hall–Kier alpha value is -1.42. The van der Waals surface area contributed by atoms with E-state index in [2.05, 4.69) is 0 Å². The van der Waals surface area contributed by atoms with Crippen molar-refractivity contribution in [2.24, 2.45) is 5.73 Å². The average molecular weight is 183 g/mol. The molecule has 0 bridgehead atoms. The Morgan fingerprint density at radius 1 is 1.62 bits per heavy atom. The van der Waals surface area contributed by atoms with E-state index in [0.717, 1.165) is 0 Å². The lowest BCUT2D eigenvalue weighted by Gasteiger charge is -2.10. The van der Waals surface area contributed by atoms with Gasteiger partial charge in [0, 0.05) is 5.56 Å². The van der Waals surface area contributed by atoms with Gasteiger partial charge in [0.25, 0.3) is 0 Å². The van der Waals surface area contributed by atoms with Crippen LogP contribution in [0.2, 0.25) is 0 Å². The number of halogens is 1. The van der Waals surface area contributed by atoms with Crippen LogP contribution in [0, 0.1) is 12.7 Å². The fourth-order valence-electron chi connectivity index (χ4n) is 1.16. The standard InChI is InChI=1S/C9H10FNO2/c1-5-3-2-4-6(10)7(5)8(11)9(12)13/h2-4,8H,11H2,1H3,(H,12,13). The molecule has 0 fully saturated rings. The predicted molar refractivity (Wildman–Crippen MR) is 45.7 cm³/mol. The molecule has 4 heteroatoms. The molecule has 1 rings (SSSR count). The highest BCUT2D eigenvalue weighted by molar-refractivity contribution is 5.75.